The predicted octanol–water partition coefficient (Wildman–Crippen LogP) is 2.67. The zero-order valence-corrected chi connectivity index (χ0v) is 15.0. The van der Waals surface area contributed by atoms with Crippen molar-refractivity contribution >= 4 is 5.91 Å². The van der Waals surface area contributed by atoms with Crippen LogP contribution in [-0.4, -0.2) is 34.4 Å². The minimum Gasteiger partial charge on any atom is -0.391 e. The number of hydrogen-bond donors (Lipinski definition) is 3. The first-order chi connectivity index (χ1) is 11.3. The van der Waals surface area contributed by atoms with Crippen molar-refractivity contribution < 1.29 is 15.0 Å². The molecule has 1 saturated carbocycles. The monoisotopic (exact) mass is 333 g/mol. The Labute approximate surface area is 145 Å². The highest BCUT2D eigenvalue weighted by Gasteiger charge is 2.41. The molecule has 2 rings (SSSR count). The number of hydrogen-bond acceptors (Lipinski definition) is 3. The molecular weight excluding hydrogens is 302 g/mol. The van der Waals surface area contributed by atoms with Crippen molar-refractivity contribution in [1.82, 2.24) is 5.32 Å². The lowest BCUT2D eigenvalue weighted by Gasteiger charge is -2.44. The zero-order valence-electron chi connectivity index (χ0n) is 15.0. The second kappa shape index (κ2) is 8.13. The van der Waals surface area contributed by atoms with Crippen LogP contribution in [0.3, 0.4) is 0 Å². The van der Waals surface area contributed by atoms with Crippen LogP contribution < -0.4 is 5.32 Å². The molecule has 0 saturated heterocycles. The second-order valence-electron chi connectivity index (χ2n) is 7.69. The standard InChI is InChI=1S/C20H31NO3/c1-4-20(2,3)15-11-8-12-16(22)18(15)21-19(24)17(23)13-14-9-6-5-7-10-14/h5-7,9-10,15-18,22-23H,4,8,11-13H2,1-3H3,(H,21,24)/t15-,16+,17+,18-/m1/s1. The van der Waals surface area contributed by atoms with E-state index in [-0.39, 0.29) is 29.7 Å². The average molecular weight is 333 g/mol. The lowest BCUT2D eigenvalue weighted by atomic mass is 9.66. The summed E-state index contributed by atoms with van der Waals surface area (Å²) in [5.41, 5.74) is 0.971. The summed E-state index contributed by atoms with van der Waals surface area (Å²) in [7, 11) is 0. The highest BCUT2D eigenvalue weighted by molar-refractivity contribution is 5.81. The topological polar surface area (TPSA) is 69.6 Å². The van der Waals surface area contributed by atoms with Gasteiger partial charge in [0.2, 0.25) is 5.91 Å². The molecule has 0 unspecified atom stereocenters. The Morgan fingerprint density at radius 2 is 1.96 bits per heavy atom. The van der Waals surface area contributed by atoms with E-state index in [1.54, 1.807) is 0 Å². The van der Waals surface area contributed by atoms with Gasteiger partial charge in [0.1, 0.15) is 6.10 Å². The van der Waals surface area contributed by atoms with Crippen LogP contribution in [-0.2, 0) is 11.2 Å². The number of aliphatic hydroxyl groups excluding tert-OH is 2. The van der Waals surface area contributed by atoms with E-state index in [9.17, 15) is 15.0 Å². The van der Waals surface area contributed by atoms with Gasteiger partial charge in [0, 0.05) is 6.42 Å². The van der Waals surface area contributed by atoms with Gasteiger partial charge in [-0.15, -0.1) is 0 Å². The molecule has 1 aliphatic rings. The molecule has 1 aromatic rings. The van der Waals surface area contributed by atoms with Gasteiger partial charge in [0.25, 0.3) is 0 Å². The molecule has 0 spiro atoms. The molecule has 4 nitrogen and oxygen atoms in total. The van der Waals surface area contributed by atoms with E-state index in [0.29, 0.717) is 6.42 Å². The molecule has 0 bridgehead atoms. The highest BCUT2D eigenvalue weighted by atomic mass is 16.3. The van der Waals surface area contributed by atoms with E-state index in [1.165, 1.54) is 0 Å². The fraction of sp³-hybridized carbons (Fsp3) is 0.650. The van der Waals surface area contributed by atoms with Gasteiger partial charge in [-0.3, -0.25) is 4.79 Å². The van der Waals surface area contributed by atoms with Gasteiger partial charge < -0.3 is 15.5 Å². The fourth-order valence-corrected chi connectivity index (χ4v) is 3.70. The van der Waals surface area contributed by atoms with Crippen molar-refractivity contribution in [3.8, 4) is 0 Å². The molecule has 24 heavy (non-hydrogen) atoms. The van der Waals surface area contributed by atoms with Crippen LogP contribution in [0.5, 0.6) is 0 Å². The third kappa shape index (κ3) is 4.58. The van der Waals surface area contributed by atoms with E-state index in [2.05, 4.69) is 26.1 Å². The van der Waals surface area contributed by atoms with Crippen molar-refractivity contribution in [2.45, 2.75) is 71.1 Å². The van der Waals surface area contributed by atoms with Crippen molar-refractivity contribution in [3.05, 3.63) is 35.9 Å². The molecule has 134 valence electrons. The van der Waals surface area contributed by atoms with E-state index in [4.69, 9.17) is 0 Å². The summed E-state index contributed by atoms with van der Waals surface area (Å²) in [6.07, 6.45) is 2.33. The normalized spacial score (nSPS) is 26.0. The molecular formula is C20H31NO3. The maximum absolute atomic E-state index is 12.4. The molecule has 1 fully saturated rings. The SMILES string of the molecule is CCC(C)(C)[C@@H]1CCC[C@H](O)[C@@H]1NC(=O)[C@@H](O)Cc1ccccc1. The Morgan fingerprint density at radius 1 is 1.29 bits per heavy atom. The van der Waals surface area contributed by atoms with Gasteiger partial charge in [0.05, 0.1) is 12.1 Å². The summed E-state index contributed by atoms with van der Waals surface area (Å²) >= 11 is 0. The maximum atomic E-state index is 12.4. The van der Waals surface area contributed by atoms with Crippen LogP contribution in [0.1, 0.15) is 52.0 Å². The van der Waals surface area contributed by atoms with Crippen LogP contribution in [0, 0.1) is 11.3 Å². The zero-order chi connectivity index (χ0) is 17.7. The van der Waals surface area contributed by atoms with Gasteiger partial charge >= 0.3 is 0 Å². The molecule has 1 aliphatic carbocycles. The molecule has 3 N–H and O–H groups in total. The summed E-state index contributed by atoms with van der Waals surface area (Å²) in [5.74, 6) is -0.166. The van der Waals surface area contributed by atoms with Crippen molar-refractivity contribution in [2.75, 3.05) is 0 Å². The van der Waals surface area contributed by atoms with Gasteiger partial charge in [0.15, 0.2) is 0 Å². The minimum atomic E-state index is -1.09. The van der Waals surface area contributed by atoms with Crippen LogP contribution in [0.2, 0.25) is 0 Å². The highest BCUT2D eigenvalue weighted by Crippen LogP contribution is 2.40. The molecule has 4 heteroatoms. The largest absolute Gasteiger partial charge is 0.391 e. The van der Waals surface area contributed by atoms with Crippen molar-refractivity contribution in [1.29, 1.82) is 0 Å². The van der Waals surface area contributed by atoms with Gasteiger partial charge in [-0.05, 0) is 29.7 Å². The fourth-order valence-electron chi connectivity index (χ4n) is 3.70. The van der Waals surface area contributed by atoms with E-state index in [1.807, 2.05) is 30.3 Å². The van der Waals surface area contributed by atoms with Gasteiger partial charge in [-0.2, -0.15) is 0 Å². The van der Waals surface area contributed by atoms with E-state index in [0.717, 1.165) is 24.8 Å². The third-order valence-electron chi connectivity index (χ3n) is 5.66. The number of carbonyl (C=O) groups excluding carboxylic acids is 1. The number of nitrogens with one attached hydrogen (secondary N) is 1. The number of carbonyl (C=O) groups is 1. The van der Waals surface area contributed by atoms with E-state index < -0.39 is 12.2 Å². The van der Waals surface area contributed by atoms with Gasteiger partial charge in [-0.25, -0.2) is 0 Å². The van der Waals surface area contributed by atoms with Crippen molar-refractivity contribution in [3.63, 3.8) is 0 Å². The average Bonchev–Trinajstić information content (AvgIpc) is 2.57. The predicted molar refractivity (Wildman–Crippen MR) is 95.5 cm³/mol. The first kappa shape index (κ1) is 18.9. The maximum Gasteiger partial charge on any atom is 0.249 e. The Morgan fingerprint density at radius 3 is 2.58 bits per heavy atom. The molecule has 0 radical (unpaired) electrons. The Hall–Kier alpha value is -1.39. The number of aliphatic hydroxyl groups is 2. The first-order valence-electron chi connectivity index (χ1n) is 9.05. The molecule has 0 aliphatic heterocycles. The van der Waals surface area contributed by atoms with Crippen LogP contribution in [0.4, 0.5) is 0 Å². The lowest BCUT2D eigenvalue weighted by Crippen LogP contribution is -2.56. The number of amides is 1. The van der Waals surface area contributed by atoms with Crippen LogP contribution in [0.25, 0.3) is 0 Å². The Balaban J connectivity index is 2.04. The summed E-state index contributed by atoms with van der Waals surface area (Å²) < 4.78 is 0. The summed E-state index contributed by atoms with van der Waals surface area (Å²) in [6, 6.07) is 9.21. The first-order valence-corrected chi connectivity index (χ1v) is 9.05. The van der Waals surface area contributed by atoms with Crippen molar-refractivity contribution in [2.24, 2.45) is 11.3 Å². The third-order valence-corrected chi connectivity index (χ3v) is 5.66. The smallest absolute Gasteiger partial charge is 0.249 e. The van der Waals surface area contributed by atoms with E-state index >= 15 is 0 Å². The summed E-state index contributed by atoms with van der Waals surface area (Å²) in [5, 5.41) is 23.6. The Kier molecular flexibility index (Phi) is 6.41. The molecule has 1 aromatic carbocycles. The molecule has 0 aromatic heterocycles. The second-order valence-corrected chi connectivity index (χ2v) is 7.69. The molecule has 0 heterocycles. The minimum absolute atomic E-state index is 0.0454. The quantitative estimate of drug-likeness (QED) is 0.749. The number of rotatable bonds is 6. The van der Waals surface area contributed by atoms with Gasteiger partial charge in [-0.1, -0.05) is 63.9 Å². The summed E-state index contributed by atoms with van der Waals surface area (Å²) in [6.45, 7) is 6.52. The Bertz CT molecular complexity index is 529. The molecule has 1 amide bonds. The lowest BCUT2D eigenvalue weighted by molar-refractivity contribution is -0.132. The van der Waals surface area contributed by atoms with Crippen LogP contribution >= 0.6 is 0 Å². The van der Waals surface area contributed by atoms with Crippen LogP contribution in [0.15, 0.2) is 30.3 Å². The molecule has 4 atom stereocenters. The number of benzene rings is 1. The summed E-state index contributed by atoms with van der Waals surface area (Å²) in [4.78, 5) is 12.4.